The first-order chi connectivity index (χ1) is 21.5. The highest BCUT2D eigenvalue weighted by Gasteiger charge is 2.35. The van der Waals surface area contributed by atoms with Crippen molar-refractivity contribution < 1.29 is 18.0 Å². The Morgan fingerprint density at radius 2 is 1.49 bits per heavy atom. The maximum Gasteiger partial charge on any atom is 0.264 e. The summed E-state index contributed by atoms with van der Waals surface area (Å²) in [6, 6.07) is 29.1. The van der Waals surface area contributed by atoms with Gasteiger partial charge < -0.3 is 10.2 Å². The van der Waals surface area contributed by atoms with Crippen LogP contribution in [0.15, 0.2) is 108 Å². The molecule has 0 fully saturated rings. The van der Waals surface area contributed by atoms with Crippen molar-refractivity contribution in [1.82, 2.24) is 10.2 Å². The largest absolute Gasteiger partial charge is 0.352 e. The first-order valence-electron chi connectivity index (χ1n) is 15.0. The van der Waals surface area contributed by atoms with Gasteiger partial charge in [-0.05, 0) is 80.3 Å². The van der Waals surface area contributed by atoms with Crippen LogP contribution in [0.25, 0.3) is 0 Å². The quantitative estimate of drug-likeness (QED) is 0.175. The molecule has 45 heavy (non-hydrogen) atoms. The number of halogens is 1. The number of hydrogen-bond acceptors (Lipinski definition) is 4. The highest BCUT2D eigenvalue weighted by Crippen LogP contribution is 2.26. The fourth-order valence-electron chi connectivity index (χ4n) is 4.93. The van der Waals surface area contributed by atoms with Gasteiger partial charge in [0.25, 0.3) is 10.0 Å². The molecule has 7 nitrogen and oxygen atoms in total. The zero-order valence-electron chi connectivity index (χ0n) is 26.1. The molecule has 2 atom stereocenters. The van der Waals surface area contributed by atoms with Gasteiger partial charge >= 0.3 is 0 Å². The number of aryl methyl sites for hydroxylation is 2. The van der Waals surface area contributed by atoms with E-state index >= 15 is 0 Å². The number of sulfonamides is 1. The van der Waals surface area contributed by atoms with Gasteiger partial charge in [-0.15, -0.1) is 0 Å². The van der Waals surface area contributed by atoms with Gasteiger partial charge in [0.15, 0.2) is 0 Å². The first kappa shape index (κ1) is 33.7. The molecule has 4 aromatic rings. The van der Waals surface area contributed by atoms with Gasteiger partial charge in [-0.1, -0.05) is 90.8 Å². The van der Waals surface area contributed by atoms with Gasteiger partial charge in [0.2, 0.25) is 11.8 Å². The number of rotatable bonds is 13. The van der Waals surface area contributed by atoms with Crippen molar-refractivity contribution >= 4 is 39.1 Å². The molecular weight excluding hydrogens is 606 g/mol. The second-order valence-electron chi connectivity index (χ2n) is 11.3. The predicted molar refractivity (Wildman–Crippen MR) is 181 cm³/mol. The van der Waals surface area contributed by atoms with Crippen molar-refractivity contribution in [2.24, 2.45) is 0 Å². The van der Waals surface area contributed by atoms with E-state index in [1.54, 1.807) is 66.7 Å². The lowest BCUT2D eigenvalue weighted by Gasteiger charge is -2.34. The lowest BCUT2D eigenvalue weighted by atomic mass is 10.0. The number of anilines is 1. The zero-order valence-corrected chi connectivity index (χ0v) is 27.7. The Balaban J connectivity index is 1.80. The summed E-state index contributed by atoms with van der Waals surface area (Å²) in [5.74, 6) is -0.818. The highest BCUT2D eigenvalue weighted by atomic mass is 35.5. The second-order valence-corrected chi connectivity index (χ2v) is 13.6. The molecule has 0 aromatic heterocycles. The molecule has 4 aromatic carbocycles. The molecule has 0 saturated carbocycles. The molecule has 2 amide bonds. The standard InChI is InChI=1S/C36H40ClN3O4S/c1-5-28(4)38-36(42)34(23-29-11-7-6-8-12-29)39(24-30-16-18-31(37)19-17-30)35(41)25-40(32-13-9-10-27(3)22-32)45(43,44)33-20-14-26(2)15-21-33/h6-22,28,34H,5,23-25H2,1-4H3,(H,38,42)/t28-,34-/m1/s1. The number of nitrogens with zero attached hydrogens (tertiary/aromatic N) is 2. The van der Waals surface area contributed by atoms with Crippen LogP contribution in [0.5, 0.6) is 0 Å². The molecule has 1 N–H and O–H groups in total. The van der Waals surface area contributed by atoms with E-state index in [9.17, 15) is 18.0 Å². The average molecular weight is 646 g/mol. The third-order valence-electron chi connectivity index (χ3n) is 7.72. The Bertz CT molecular complexity index is 1690. The molecule has 0 unspecified atom stereocenters. The molecule has 236 valence electrons. The summed E-state index contributed by atoms with van der Waals surface area (Å²) >= 11 is 6.15. The molecule has 0 aliphatic heterocycles. The number of hydrogen-bond donors (Lipinski definition) is 1. The van der Waals surface area contributed by atoms with Gasteiger partial charge in [0.1, 0.15) is 12.6 Å². The van der Waals surface area contributed by atoms with E-state index in [1.165, 1.54) is 4.90 Å². The molecule has 0 bridgehead atoms. The van der Waals surface area contributed by atoms with Crippen LogP contribution in [-0.2, 0) is 32.6 Å². The number of carbonyl (C=O) groups is 2. The number of carbonyl (C=O) groups excluding carboxylic acids is 2. The van der Waals surface area contributed by atoms with Crippen molar-refractivity contribution in [1.29, 1.82) is 0 Å². The van der Waals surface area contributed by atoms with Crippen LogP contribution < -0.4 is 9.62 Å². The minimum absolute atomic E-state index is 0.0713. The Labute approximate surface area is 271 Å². The Morgan fingerprint density at radius 1 is 0.822 bits per heavy atom. The van der Waals surface area contributed by atoms with Crippen LogP contribution >= 0.6 is 11.6 Å². The fraction of sp³-hybridized carbons (Fsp3) is 0.278. The highest BCUT2D eigenvalue weighted by molar-refractivity contribution is 7.92. The zero-order chi connectivity index (χ0) is 32.6. The SMILES string of the molecule is CC[C@@H](C)NC(=O)[C@@H](Cc1ccccc1)N(Cc1ccc(Cl)cc1)C(=O)CN(c1cccc(C)c1)S(=O)(=O)c1ccc(C)cc1. The van der Waals surface area contributed by atoms with Crippen molar-refractivity contribution in [2.75, 3.05) is 10.8 Å². The molecule has 0 aliphatic rings. The summed E-state index contributed by atoms with van der Waals surface area (Å²) in [6.45, 7) is 7.21. The van der Waals surface area contributed by atoms with Crippen molar-refractivity contribution in [3.8, 4) is 0 Å². The molecular formula is C36H40ClN3O4S. The molecule has 0 aliphatic carbocycles. The van der Waals surface area contributed by atoms with Crippen molar-refractivity contribution in [3.63, 3.8) is 0 Å². The third-order valence-corrected chi connectivity index (χ3v) is 9.76. The molecule has 0 heterocycles. The van der Waals surface area contributed by atoms with Crippen LogP contribution in [0.2, 0.25) is 5.02 Å². The number of amides is 2. The molecule has 4 rings (SSSR count). The Kier molecular flexibility index (Phi) is 11.4. The summed E-state index contributed by atoms with van der Waals surface area (Å²) in [6.07, 6.45) is 0.961. The lowest BCUT2D eigenvalue weighted by Crippen LogP contribution is -2.54. The number of nitrogens with one attached hydrogen (secondary N) is 1. The van der Waals surface area contributed by atoms with Crippen LogP contribution in [-0.4, -0.2) is 43.8 Å². The average Bonchev–Trinajstić information content (AvgIpc) is 3.02. The number of benzene rings is 4. The Morgan fingerprint density at radius 3 is 2.11 bits per heavy atom. The monoisotopic (exact) mass is 645 g/mol. The van der Waals surface area contributed by atoms with Gasteiger partial charge in [-0.2, -0.15) is 0 Å². The molecule has 0 spiro atoms. The van der Waals surface area contributed by atoms with Gasteiger partial charge in [0.05, 0.1) is 10.6 Å². The van der Waals surface area contributed by atoms with E-state index < -0.39 is 28.5 Å². The lowest BCUT2D eigenvalue weighted by molar-refractivity contribution is -0.140. The van der Waals surface area contributed by atoms with Crippen LogP contribution in [0.1, 0.15) is 42.5 Å². The second kappa shape index (κ2) is 15.2. The van der Waals surface area contributed by atoms with Crippen molar-refractivity contribution in [2.45, 2.75) is 64.1 Å². The summed E-state index contributed by atoms with van der Waals surface area (Å²) in [4.78, 5) is 30.0. The van der Waals surface area contributed by atoms with Crippen LogP contribution in [0.4, 0.5) is 5.69 Å². The van der Waals surface area contributed by atoms with Gasteiger partial charge in [0, 0.05) is 24.0 Å². The maximum absolute atomic E-state index is 14.5. The van der Waals surface area contributed by atoms with E-state index in [2.05, 4.69) is 5.32 Å². The molecule has 0 saturated heterocycles. The molecule has 9 heteroatoms. The molecule has 0 radical (unpaired) electrons. The summed E-state index contributed by atoms with van der Waals surface area (Å²) < 4.78 is 29.4. The van der Waals surface area contributed by atoms with Gasteiger partial charge in [-0.25, -0.2) is 8.42 Å². The van der Waals surface area contributed by atoms with Crippen LogP contribution in [0.3, 0.4) is 0 Å². The van der Waals surface area contributed by atoms with E-state index in [1.807, 2.05) is 64.1 Å². The third kappa shape index (κ3) is 8.96. The topological polar surface area (TPSA) is 86.8 Å². The smallest absolute Gasteiger partial charge is 0.264 e. The van der Waals surface area contributed by atoms with Gasteiger partial charge in [-0.3, -0.25) is 13.9 Å². The maximum atomic E-state index is 14.5. The first-order valence-corrected chi connectivity index (χ1v) is 16.8. The van der Waals surface area contributed by atoms with E-state index in [0.717, 1.165) is 26.6 Å². The summed E-state index contributed by atoms with van der Waals surface area (Å²) in [7, 11) is -4.15. The van der Waals surface area contributed by atoms with E-state index in [0.29, 0.717) is 17.1 Å². The van der Waals surface area contributed by atoms with Crippen LogP contribution in [0, 0.1) is 13.8 Å². The fourth-order valence-corrected chi connectivity index (χ4v) is 6.46. The van der Waals surface area contributed by atoms with E-state index in [-0.39, 0.29) is 29.8 Å². The minimum Gasteiger partial charge on any atom is -0.352 e. The normalized spacial score (nSPS) is 12.6. The predicted octanol–water partition coefficient (Wildman–Crippen LogP) is 6.71. The minimum atomic E-state index is -4.15. The van der Waals surface area contributed by atoms with Crippen molar-refractivity contribution in [3.05, 3.63) is 130 Å². The summed E-state index contributed by atoms with van der Waals surface area (Å²) in [5, 5.41) is 3.59. The van der Waals surface area contributed by atoms with E-state index in [4.69, 9.17) is 11.6 Å². The Hall–Kier alpha value is -4.14. The summed E-state index contributed by atoms with van der Waals surface area (Å²) in [5.41, 5.74) is 3.75.